The normalized spacial score (nSPS) is 17.3. The second-order valence-corrected chi connectivity index (χ2v) is 7.90. The number of hydrogen-bond acceptors (Lipinski definition) is 3. The van der Waals surface area contributed by atoms with Crippen LogP contribution in [0.5, 0.6) is 0 Å². The molecule has 0 bridgehead atoms. The van der Waals surface area contributed by atoms with Gasteiger partial charge in [0, 0.05) is 30.0 Å². The van der Waals surface area contributed by atoms with Crippen molar-refractivity contribution in [3.8, 4) is 0 Å². The minimum Gasteiger partial charge on any atom is -0.290 e. The van der Waals surface area contributed by atoms with E-state index in [4.69, 9.17) is 4.98 Å². The summed E-state index contributed by atoms with van der Waals surface area (Å²) in [5.41, 5.74) is 7.68. The molecule has 146 valence electrons. The molecule has 4 heteroatoms. The van der Waals surface area contributed by atoms with E-state index in [0.29, 0.717) is 6.04 Å². The van der Waals surface area contributed by atoms with Crippen LogP contribution in [0.3, 0.4) is 0 Å². The van der Waals surface area contributed by atoms with Gasteiger partial charge in [0.2, 0.25) is 0 Å². The maximum atomic E-state index is 4.93. The lowest BCUT2D eigenvalue weighted by Crippen LogP contribution is -2.24. The molecule has 2 aromatic heterocycles. The summed E-state index contributed by atoms with van der Waals surface area (Å²) in [6.07, 6.45) is 5.42. The zero-order valence-corrected chi connectivity index (χ0v) is 17.2. The van der Waals surface area contributed by atoms with E-state index in [1.54, 1.807) is 0 Å². The molecule has 0 radical (unpaired) electrons. The number of rotatable bonds is 6. The molecular formula is C24H30N4. The van der Waals surface area contributed by atoms with Crippen molar-refractivity contribution < 1.29 is 0 Å². The van der Waals surface area contributed by atoms with Crippen LogP contribution in [0, 0.1) is 13.8 Å². The average molecular weight is 375 g/mol. The van der Waals surface area contributed by atoms with Crippen molar-refractivity contribution >= 4 is 0 Å². The predicted octanol–water partition coefficient (Wildman–Crippen LogP) is 4.84. The van der Waals surface area contributed by atoms with Gasteiger partial charge in [-0.25, -0.2) is 0 Å². The van der Waals surface area contributed by atoms with Crippen molar-refractivity contribution in [3.05, 3.63) is 82.4 Å². The van der Waals surface area contributed by atoms with Gasteiger partial charge in [0.15, 0.2) is 0 Å². The fraction of sp³-hybridized carbons (Fsp3) is 0.417. The van der Waals surface area contributed by atoms with Crippen molar-refractivity contribution in [2.75, 3.05) is 6.54 Å². The summed E-state index contributed by atoms with van der Waals surface area (Å²) in [4.78, 5) is 7.51. The molecule has 3 aromatic rings. The van der Waals surface area contributed by atoms with Gasteiger partial charge in [-0.2, -0.15) is 5.10 Å². The number of nitrogens with zero attached hydrogens (tertiary/aromatic N) is 4. The van der Waals surface area contributed by atoms with Crippen LogP contribution in [0.2, 0.25) is 0 Å². The van der Waals surface area contributed by atoms with E-state index in [2.05, 4.69) is 77.9 Å². The lowest BCUT2D eigenvalue weighted by Gasteiger charge is -2.24. The molecule has 0 N–H and O–H groups in total. The second kappa shape index (κ2) is 8.27. The largest absolute Gasteiger partial charge is 0.290 e. The Labute approximate surface area is 168 Å². The Bertz CT molecular complexity index is 929. The van der Waals surface area contributed by atoms with Gasteiger partial charge < -0.3 is 0 Å². The summed E-state index contributed by atoms with van der Waals surface area (Å²) in [7, 11) is 0. The summed E-state index contributed by atoms with van der Waals surface area (Å²) < 4.78 is 2.09. The third-order valence-electron chi connectivity index (χ3n) is 5.87. The van der Waals surface area contributed by atoms with Gasteiger partial charge in [0.25, 0.3) is 0 Å². The first-order valence-corrected chi connectivity index (χ1v) is 10.4. The Kier molecular flexibility index (Phi) is 5.58. The predicted molar refractivity (Wildman–Crippen MR) is 113 cm³/mol. The van der Waals surface area contributed by atoms with Crippen LogP contribution in [0.15, 0.2) is 48.7 Å². The van der Waals surface area contributed by atoms with Crippen LogP contribution in [-0.4, -0.2) is 26.2 Å². The highest BCUT2D eigenvalue weighted by atomic mass is 15.3. The fourth-order valence-corrected chi connectivity index (χ4v) is 4.40. The summed E-state index contributed by atoms with van der Waals surface area (Å²) in [5.74, 6) is 0. The Balaban J connectivity index is 1.56. The molecule has 0 aliphatic carbocycles. The summed E-state index contributed by atoms with van der Waals surface area (Å²) in [6, 6.07) is 15.7. The fourth-order valence-electron chi connectivity index (χ4n) is 4.40. The van der Waals surface area contributed by atoms with Gasteiger partial charge in [0.05, 0.1) is 17.9 Å². The maximum absolute atomic E-state index is 4.93. The van der Waals surface area contributed by atoms with Gasteiger partial charge in [0.1, 0.15) is 0 Å². The zero-order chi connectivity index (χ0) is 19.5. The van der Waals surface area contributed by atoms with Crippen molar-refractivity contribution in [1.82, 2.24) is 19.7 Å². The molecule has 1 aromatic carbocycles. The standard InChI is InChI=1S/C24H30N4/c1-4-28-19(3)22(16-25-28)17-27-12-8-11-24(27)23-15-21(13-18(2)26-23)14-20-9-6-5-7-10-20/h5-7,9-10,13,15-16,24H,4,8,11-12,14,17H2,1-3H3/t24-/m1/s1. The lowest BCUT2D eigenvalue weighted by molar-refractivity contribution is 0.243. The van der Waals surface area contributed by atoms with Crippen molar-refractivity contribution in [2.45, 2.75) is 59.2 Å². The highest BCUT2D eigenvalue weighted by Crippen LogP contribution is 2.33. The molecule has 1 aliphatic rings. The highest BCUT2D eigenvalue weighted by molar-refractivity contribution is 5.30. The molecule has 1 aliphatic heterocycles. The van der Waals surface area contributed by atoms with E-state index in [0.717, 1.165) is 31.7 Å². The third kappa shape index (κ3) is 4.02. The highest BCUT2D eigenvalue weighted by Gasteiger charge is 2.28. The van der Waals surface area contributed by atoms with Gasteiger partial charge in [-0.1, -0.05) is 30.3 Å². The number of aryl methyl sites for hydroxylation is 2. The molecule has 0 saturated carbocycles. The number of benzene rings is 1. The molecule has 0 spiro atoms. The Morgan fingerprint density at radius 1 is 1.07 bits per heavy atom. The van der Waals surface area contributed by atoms with Crippen molar-refractivity contribution in [3.63, 3.8) is 0 Å². The number of pyridine rings is 1. The van der Waals surface area contributed by atoms with Gasteiger partial charge in [-0.3, -0.25) is 14.6 Å². The second-order valence-electron chi connectivity index (χ2n) is 7.90. The van der Waals surface area contributed by atoms with E-state index < -0.39 is 0 Å². The smallest absolute Gasteiger partial charge is 0.0581 e. The van der Waals surface area contributed by atoms with Gasteiger partial charge >= 0.3 is 0 Å². The molecule has 28 heavy (non-hydrogen) atoms. The summed E-state index contributed by atoms with van der Waals surface area (Å²) >= 11 is 0. The molecule has 0 amide bonds. The van der Waals surface area contributed by atoms with Crippen LogP contribution in [-0.2, 0) is 19.5 Å². The average Bonchev–Trinajstić information content (AvgIpc) is 3.29. The van der Waals surface area contributed by atoms with Crippen LogP contribution in [0.4, 0.5) is 0 Å². The molecule has 3 heterocycles. The van der Waals surface area contributed by atoms with E-state index >= 15 is 0 Å². The first kappa shape index (κ1) is 18.9. The van der Waals surface area contributed by atoms with Gasteiger partial charge in [-0.05, 0) is 69.8 Å². The maximum Gasteiger partial charge on any atom is 0.0581 e. The van der Waals surface area contributed by atoms with Crippen LogP contribution >= 0.6 is 0 Å². The Morgan fingerprint density at radius 3 is 2.64 bits per heavy atom. The first-order valence-electron chi connectivity index (χ1n) is 10.4. The third-order valence-corrected chi connectivity index (χ3v) is 5.87. The number of likely N-dealkylation sites (tertiary alicyclic amines) is 1. The van der Waals surface area contributed by atoms with Crippen LogP contribution < -0.4 is 0 Å². The molecule has 1 atom stereocenters. The summed E-state index contributed by atoms with van der Waals surface area (Å²) in [5, 5.41) is 4.52. The summed E-state index contributed by atoms with van der Waals surface area (Å²) in [6.45, 7) is 9.46. The Hall–Kier alpha value is -2.46. The molecule has 4 nitrogen and oxygen atoms in total. The topological polar surface area (TPSA) is 34.0 Å². The molecule has 1 saturated heterocycles. The molecule has 0 unspecified atom stereocenters. The van der Waals surface area contributed by atoms with E-state index in [-0.39, 0.29) is 0 Å². The monoisotopic (exact) mass is 374 g/mol. The lowest BCUT2D eigenvalue weighted by atomic mass is 10.0. The minimum absolute atomic E-state index is 0.402. The first-order chi connectivity index (χ1) is 13.6. The molecule has 1 fully saturated rings. The molecular weight excluding hydrogens is 344 g/mol. The van der Waals surface area contributed by atoms with E-state index in [1.165, 1.54) is 40.9 Å². The molecule has 4 rings (SSSR count). The quantitative estimate of drug-likeness (QED) is 0.619. The van der Waals surface area contributed by atoms with E-state index in [9.17, 15) is 0 Å². The van der Waals surface area contributed by atoms with E-state index in [1.807, 2.05) is 6.20 Å². The van der Waals surface area contributed by atoms with Crippen molar-refractivity contribution in [1.29, 1.82) is 0 Å². The van der Waals surface area contributed by atoms with Crippen LogP contribution in [0.1, 0.15) is 59.6 Å². The zero-order valence-electron chi connectivity index (χ0n) is 17.2. The number of hydrogen-bond donors (Lipinski definition) is 0. The minimum atomic E-state index is 0.402. The van der Waals surface area contributed by atoms with Gasteiger partial charge in [-0.15, -0.1) is 0 Å². The number of aromatic nitrogens is 3. The Morgan fingerprint density at radius 2 is 1.89 bits per heavy atom. The van der Waals surface area contributed by atoms with Crippen LogP contribution in [0.25, 0.3) is 0 Å². The SMILES string of the molecule is CCn1ncc(CN2CCC[C@@H]2c2cc(Cc3ccccc3)cc(C)n2)c1C. The van der Waals surface area contributed by atoms with Crippen molar-refractivity contribution in [2.24, 2.45) is 0 Å².